The number of hydrogen-bond donors (Lipinski definition) is 2. The Labute approximate surface area is 129 Å². The molecule has 1 aromatic heterocycles. The quantitative estimate of drug-likeness (QED) is 0.897. The smallest absolute Gasteiger partial charge is 0.315 e. The van der Waals surface area contributed by atoms with E-state index in [0.717, 1.165) is 17.8 Å². The molecule has 3 amide bonds. The largest absolute Gasteiger partial charge is 0.341 e. The summed E-state index contributed by atoms with van der Waals surface area (Å²) in [5.41, 5.74) is 0. The molecule has 2 rings (SSSR count). The monoisotopic (exact) mass is 309 g/mol. The number of carbonyl (C=O) groups is 2. The van der Waals surface area contributed by atoms with Crippen molar-refractivity contribution in [2.45, 2.75) is 45.7 Å². The van der Waals surface area contributed by atoms with Crippen molar-refractivity contribution in [3.63, 3.8) is 0 Å². The van der Waals surface area contributed by atoms with Gasteiger partial charge in [0.05, 0.1) is 6.04 Å². The van der Waals surface area contributed by atoms with Gasteiger partial charge in [-0.25, -0.2) is 4.79 Å². The fourth-order valence-electron chi connectivity index (χ4n) is 2.51. The first-order valence-electron chi connectivity index (χ1n) is 7.40. The van der Waals surface area contributed by atoms with Gasteiger partial charge in [0.15, 0.2) is 0 Å². The molecule has 2 N–H and O–H groups in total. The highest BCUT2D eigenvalue weighted by Crippen LogP contribution is 2.22. The summed E-state index contributed by atoms with van der Waals surface area (Å²) in [6, 6.07) is 3.99. The zero-order valence-corrected chi connectivity index (χ0v) is 13.6. The second-order valence-corrected chi connectivity index (χ2v) is 6.79. The molecule has 6 heteroatoms. The molecule has 0 radical (unpaired) electrons. The van der Waals surface area contributed by atoms with Gasteiger partial charge in [0.2, 0.25) is 5.91 Å². The fourth-order valence-corrected chi connectivity index (χ4v) is 3.39. The van der Waals surface area contributed by atoms with Crippen LogP contribution in [0.4, 0.5) is 4.79 Å². The molecule has 116 valence electrons. The summed E-state index contributed by atoms with van der Waals surface area (Å²) in [5, 5.41) is 5.91. The van der Waals surface area contributed by atoms with Crippen LogP contribution < -0.4 is 10.6 Å². The van der Waals surface area contributed by atoms with E-state index in [0.29, 0.717) is 13.0 Å². The standard InChI is InChI=1S/C15H23N3O2S/c1-4-14(19)18-8-7-12(9-18)17-15(20)16-11(3)13-6-5-10(2)21-13/h5-6,11-12H,4,7-9H2,1-3H3,(H2,16,17,20)/t11-,12-/m1/s1. The molecular formula is C15H23N3O2S. The third-order valence-electron chi connectivity index (χ3n) is 3.71. The molecular weight excluding hydrogens is 286 g/mol. The van der Waals surface area contributed by atoms with Crippen LogP contribution in [0.5, 0.6) is 0 Å². The van der Waals surface area contributed by atoms with Crippen molar-refractivity contribution < 1.29 is 9.59 Å². The normalized spacial score (nSPS) is 19.4. The van der Waals surface area contributed by atoms with Gasteiger partial charge in [0, 0.05) is 35.3 Å². The van der Waals surface area contributed by atoms with Crippen LogP contribution in [-0.4, -0.2) is 36.0 Å². The van der Waals surface area contributed by atoms with E-state index in [-0.39, 0.29) is 24.0 Å². The Balaban J connectivity index is 1.79. The minimum atomic E-state index is -0.163. The Bertz CT molecular complexity index is 515. The van der Waals surface area contributed by atoms with Crippen LogP contribution >= 0.6 is 11.3 Å². The molecule has 5 nitrogen and oxygen atoms in total. The lowest BCUT2D eigenvalue weighted by Gasteiger charge is -2.18. The molecule has 0 aromatic carbocycles. The summed E-state index contributed by atoms with van der Waals surface area (Å²) in [7, 11) is 0. The van der Waals surface area contributed by atoms with Crippen LogP contribution in [-0.2, 0) is 4.79 Å². The zero-order valence-electron chi connectivity index (χ0n) is 12.8. The predicted molar refractivity (Wildman–Crippen MR) is 84.4 cm³/mol. The number of nitrogens with zero attached hydrogens (tertiary/aromatic N) is 1. The van der Waals surface area contributed by atoms with E-state index in [1.807, 2.05) is 24.8 Å². The van der Waals surface area contributed by atoms with Crippen molar-refractivity contribution in [2.24, 2.45) is 0 Å². The van der Waals surface area contributed by atoms with Crippen molar-refractivity contribution in [3.8, 4) is 0 Å². The highest BCUT2D eigenvalue weighted by Gasteiger charge is 2.26. The maximum Gasteiger partial charge on any atom is 0.315 e. The van der Waals surface area contributed by atoms with Crippen LogP contribution in [0.2, 0.25) is 0 Å². The SMILES string of the molecule is CCC(=O)N1CC[C@@H](NC(=O)N[C@H](C)c2ccc(C)s2)C1. The number of carbonyl (C=O) groups excluding carboxylic acids is 2. The first-order chi connectivity index (χ1) is 9.99. The van der Waals surface area contributed by atoms with Crippen molar-refractivity contribution in [1.82, 2.24) is 15.5 Å². The molecule has 0 saturated carbocycles. The molecule has 0 bridgehead atoms. The molecule has 1 aliphatic rings. The van der Waals surface area contributed by atoms with Crippen molar-refractivity contribution in [2.75, 3.05) is 13.1 Å². The fraction of sp³-hybridized carbons (Fsp3) is 0.600. The van der Waals surface area contributed by atoms with Gasteiger partial charge in [-0.15, -0.1) is 11.3 Å². The van der Waals surface area contributed by atoms with Crippen LogP contribution in [0.1, 0.15) is 42.5 Å². The number of aryl methyl sites for hydroxylation is 1. The van der Waals surface area contributed by atoms with Gasteiger partial charge in [0.1, 0.15) is 0 Å². The summed E-state index contributed by atoms with van der Waals surface area (Å²) >= 11 is 1.69. The molecule has 0 spiro atoms. The minimum absolute atomic E-state index is 0.00141. The summed E-state index contributed by atoms with van der Waals surface area (Å²) < 4.78 is 0. The average molecular weight is 309 g/mol. The van der Waals surface area contributed by atoms with Gasteiger partial charge in [-0.2, -0.15) is 0 Å². The van der Waals surface area contributed by atoms with Gasteiger partial charge in [0.25, 0.3) is 0 Å². The lowest BCUT2D eigenvalue weighted by atomic mass is 10.2. The zero-order chi connectivity index (χ0) is 15.4. The van der Waals surface area contributed by atoms with Crippen LogP contribution in [0.3, 0.4) is 0 Å². The van der Waals surface area contributed by atoms with Gasteiger partial charge in [-0.1, -0.05) is 6.92 Å². The number of rotatable bonds is 4. The van der Waals surface area contributed by atoms with Gasteiger partial charge in [-0.3, -0.25) is 4.79 Å². The van der Waals surface area contributed by atoms with Gasteiger partial charge in [-0.05, 0) is 32.4 Å². The van der Waals surface area contributed by atoms with Gasteiger partial charge < -0.3 is 15.5 Å². The molecule has 21 heavy (non-hydrogen) atoms. The van der Waals surface area contributed by atoms with Gasteiger partial charge >= 0.3 is 6.03 Å². The van der Waals surface area contributed by atoms with E-state index >= 15 is 0 Å². The number of thiophene rings is 1. The Morgan fingerprint density at radius 1 is 1.48 bits per heavy atom. The van der Waals surface area contributed by atoms with E-state index < -0.39 is 0 Å². The van der Waals surface area contributed by atoms with Crippen molar-refractivity contribution in [1.29, 1.82) is 0 Å². The lowest BCUT2D eigenvalue weighted by molar-refractivity contribution is -0.129. The van der Waals surface area contributed by atoms with Crippen LogP contribution in [0.15, 0.2) is 12.1 Å². The Kier molecular flexibility index (Phi) is 5.22. The molecule has 1 aliphatic heterocycles. The first-order valence-corrected chi connectivity index (χ1v) is 8.22. The summed E-state index contributed by atoms with van der Waals surface area (Å²) in [5.74, 6) is 0.155. The molecule has 1 aromatic rings. The number of urea groups is 1. The third kappa shape index (κ3) is 4.20. The Morgan fingerprint density at radius 2 is 2.24 bits per heavy atom. The maximum atomic E-state index is 12.0. The summed E-state index contributed by atoms with van der Waals surface area (Å²) in [6.45, 7) is 7.25. The van der Waals surface area contributed by atoms with E-state index in [1.54, 1.807) is 11.3 Å². The van der Waals surface area contributed by atoms with Crippen molar-refractivity contribution in [3.05, 3.63) is 21.9 Å². The van der Waals surface area contributed by atoms with E-state index in [4.69, 9.17) is 0 Å². The van der Waals surface area contributed by atoms with E-state index in [1.165, 1.54) is 4.88 Å². The summed E-state index contributed by atoms with van der Waals surface area (Å²) in [4.78, 5) is 27.8. The lowest BCUT2D eigenvalue weighted by Crippen LogP contribution is -2.44. The number of likely N-dealkylation sites (tertiary alicyclic amines) is 1. The first kappa shape index (κ1) is 15.8. The predicted octanol–water partition coefficient (Wildman–Crippen LogP) is 2.43. The van der Waals surface area contributed by atoms with E-state index in [9.17, 15) is 9.59 Å². The second kappa shape index (κ2) is 6.93. The third-order valence-corrected chi connectivity index (χ3v) is 4.90. The van der Waals surface area contributed by atoms with E-state index in [2.05, 4.69) is 23.6 Å². The van der Waals surface area contributed by atoms with Crippen molar-refractivity contribution >= 4 is 23.3 Å². The number of hydrogen-bond acceptors (Lipinski definition) is 3. The Morgan fingerprint density at radius 3 is 2.86 bits per heavy atom. The second-order valence-electron chi connectivity index (χ2n) is 5.47. The summed E-state index contributed by atoms with van der Waals surface area (Å²) in [6.07, 6.45) is 1.35. The highest BCUT2D eigenvalue weighted by atomic mass is 32.1. The molecule has 1 fully saturated rings. The van der Waals surface area contributed by atoms with Crippen LogP contribution in [0.25, 0.3) is 0 Å². The number of amides is 3. The average Bonchev–Trinajstić information content (AvgIpc) is 3.07. The maximum absolute atomic E-state index is 12.0. The molecule has 0 unspecified atom stereocenters. The number of nitrogens with one attached hydrogen (secondary N) is 2. The Hall–Kier alpha value is -1.56. The minimum Gasteiger partial charge on any atom is -0.341 e. The molecule has 2 atom stereocenters. The highest BCUT2D eigenvalue weighted by molar-refractivity contribution is 7.12. The topological polar surface area (TPSA) is 61.4 Å². The molecule has 0 aliphatic carbocycles. The molecule has 1 saturated heterocycles. The molecule has 2 heterocycles. The van der Waals surface area contributed by atoms with Crippen LogP contribution in [0, 0.1) is 6.92 Å².